The fourth-order valence-electron chi connectivity index (χ4n) is 0.791. The Balaban J connectivity index is 2.95. The van der Waals surface area contributed by atoms with Crippen LogP contribution in [0.15, 0.2) is 37.3 Å². The van der Waals surface area contributed by atoms with Crippen molar-refractivity contribution in [1.29, 1.82) is 0 Å². The van der Waals surface area contributed by atoms with Crippen LogP contribution in [0.4, 0.5) is 0 Å². The second-order valence-electron chi connectivity index (χ2n) is 2.06. The van der Waals surface area contributed by atoms with Gasteiger partial charge in [-0.15, -0.1) is 11.8 Å². The Morgan fingerprint density at radius 2 is 2.42 bits per heavy atom. The summed E-state index contributed by atoms with van der Waals surface area (Å²) in [5.41, 5.74) is 0.893. The van der Waals surface area contributed by atoms with Gasteiger partial charge in [0, 0.05) is 17.3 Å². The fourth-order valence-corrected chi connectivity index (χ4v) is 1.34. The van der Waals surface area contributed by atoms with Gasteiger partial charge in [0.1, 0.15) is 0 Å². The molecule has 1 rings (SSSR count). The van der Waals surface area contributed by atoms with Crippen molar-refractivity contribution >= 4 is 16.7 Å². The fraction of sp³-hybridized carbons (Fsp3) is 0.111. The van der Waals surface area contributed by atoms with Crippen molar-refractivity contribution in [2.75, 3.05) is 6.26 Å². The van der Waals surface area contributed by atoms with Crippen LogP contribution in [-0.4, -0.2) is 16.2 Å². The lowest BCUT2D eigenvalue weighted by Crippen LogP contribution is -1.85. The van der Waals surface area contributed by atoms with Gasteiger partial charge in [0.15, 0.2) is 0 Å². The molecule has 0 saturated heterocycles. The minimum Gasteiger partial charge on any atom is -0.261 e. The van der Waals surface area contributed by atoms with E-state index in [1.54, 1.807) is 36.4 Å². The van der Waals surface area contributed by atoms with E-state index in [1.807, 2.05) is 12.3 Å². The lowest BCUT2D eigenvalue weighted by molar-refractivity contribution is 1.18. The third-order valence-electron chi connectivity index (χ3n) is 1.30. The molecule has 0 aromatic carbocycles. The number of allylic oxidation sites excluding steroid dienone is 2. The van der Waals surface area contributed by atoms with E-state index in [2.05, 4.69) is 16.5 Å². The van der Waals surface area contributed by atoms with Crippen molar-refractivity contribution in [3.63, 3.8) is 0 Å². The zero-order chi connectivity index (χ0) is 8.81. The van der Waals surface area contributed by atoms with Crippen LogP contribution in [-0.2, 0) is 0 Å². The molecule has 0 spiro atoms. The number of nitrogens with zero attached hydrogens (tertiary/aromatic N) is 2. The maximum absolute atomic E-state index is 4.17. The highest BCUT2D eigenvalue weighted by molar-refractivity contribution is 8.07. The molecule has 0 N–H and O–H groups in total. The molecule has 0 unspecified atom stereocenters. The van der Waals surface area contributed by atoms with E-state index in [9.17, 15) is 0 Å². The van der Waals surface area contributed by atoms with Crippen LogP contribution in [0.3, 0.4) is 0 Å². The molecule has 2 nitrogen and oxygen atoms in total. The predicted octanol–water partition coefficient (Wildman–Crippen LogP) is 2.37. The van der Waals surface area contributed by atoms with E-state index in [1.165, 1.54) is 0 Å². The molecule has 1 aromatic heterocycles. The van der Waals surface area contributed by atoms with E-state index in [0.29, 0.717) is 0 Å². The Hall–Kier alpha value is -1.09. The van der Waals surface area contributed by atoms with Gasteiger partial charge in [-0.2, -0.15) is 0 Å². The summed E-state index contributed by atoms with van der Waals surface area (Å²) in [6.45, 7) is 3.64. The van der Waals surface area contributed by atoms with Crippen LogP contribution in [0, 0.1) is 0 Å². The molecule has 0 bridgehead atoms. The smallest absolute Gasteiger partial charge is 0.0948 e. The summed E-state index contributed by atoms with van der Waals surface area (Å²) in [6.07, 6.45) is 10.8. The van der Waals surface area contributed by atoms with E-state index >= 15 is 0 Å². The zero-order valence-corrected chi connectivity index (χ0v) is 7.71. The molecule has 0 saturated carbocycles. The first kappa shape index (κ1) is 9.00. The standard InChI is InChI=1S/C9H10N2S/c1-3-4-9(12-2)8-7-10-5-6-11-8/h3-7H,1H2,2H3/b9-4-. The number of hydrogen-bond donors (Lipinski definition) is 0. The second-order valence-corrected chi connectivity index (χ2v) is 2.91. The normalized spacial score (nSPS) is 11.2. The van der Waals surface area contributed by atoms with Crippen LogP contribution in [0.2, 0.25) is 0 Å². The molecular weight excluding hydrogens is 168 g/mol. The van der Waals surface area contributed by atoms with Crippen molar-refractivity contribution in [2.24, 2.45) is 0 Å². The molecule has 62 valence electrons. The molecule has 0 aliphatic carbocycles. The average Bonchev–Trinajstić information content (AvgIpc) is 2.15. The van der Waals surface area contributed by atoms with E-state index in [4.69, 9.17) is 0 Å². The van der Waals surface area contributed by atoms with Crippen LogP contribution < -0.4 is 0 Å². The van der Waals surface area contributed by atoms with Gasteiger partial charge < -0.3 is 0 Å². The molecule has 12 heavy (non-hydrogen) atoms. The Labute approximate surface area is 76.4 Å². The van der Waals surface area contributed by atoms with Gasteiger partial charge >= 0.3 is 0 Å². The third kappa shape index (κ3) is 2.20. The third-order valence-corrected chi connectivity index (χ3v) is 2.09. The number of hydrogen-bond acceptors (Lipinski definition) is 3. The summed E-state index contributed by atoms with van der Waals surface area (Å²) in [6, 6.07) is 0. The van der Waals surface area contributed by atoms with Gasteiger partial charge in [-0.25, -0.2) is 0 Å². The Kier molecular flexibility index (Phi) is 3.54. The molecular formula is C9H10N2S. The second kappa shape index (κ2) is 4.72. The summed E-state index contributed by atoms with van der Waals surface area (Å²) in [5, 5.41) is 0. The molecule has 0 aliphatic rings. The van der Waals surface area contributed by atoms with Crippen LogP contribution in [0.1, 0.15) is 5.69 Å². The molecule has 0 radical (unpaired) electrons. The number of rotatable bonds is 3. The minimum absolute atomic E-state index is 0.893. The molecule has 0 amide bonds. The Morgan fingerprint density at radius 3 is 2.92 bits per heavy atom. The van der Waals surface area contributed by atoms with Gasteiger partial charge in [-0.1, -0.05) is 12.7 Å². The van der Waals surface area contributed by atoms with Gasteiger partial charge in [0.25, 0.3) is 0 Å². The summed E-state index contributed by atoms with van der Waals surface area (Å²) < 4.78 is 0. The van der Waals surface area contributed by atoms with Gasteiger partial charge in [-0.3, -0.25) is 9.97 Å². The number of thioether (sulfide) groups is 1. The first-order valence-electron chi connectivity index (χ1n) is 3.51. The minimum atomic E-state index is 0.893. The summed E-state index contributed by atoms with van der Waals surface area (Å²) in [7, 11) is 0. The van der Waals surface area contributed by atoms with Crippen LogP contribution >= 0.6 is 11.8 Å². The van der Waals surface area contributed by atoms with Crippen molar-refractivity contribution < 1.29 is 0 Å². The predicted molar refractivity (Wildman–Crippen MR) is 53.7 cm³/mol. The number of aromatic nitrogens is 2. The Morgan fingerprint density at radius 1 is 1.58 bits per heavy atom. The Bertz CT molecular complexity index is 280. The van der Waals surface area contributed by atoms with Gasteiger partial charge in [-0.05, 0) is 12.3 Å². The maximum Gasteiger partial charge on any atom is 0.0948 e. The summed E-state index contributed by atoms with van der Waals surface area (Å²) in [5.74, 6) is 0. The van der Waals surface area contributed by atoms with Crippen molar-refractivity contribution in [3.8, 4) is 0 Å². The monoisotopic (exact) mass is 178 g/mol. The lowest BCUT2D eigenvalue weighted by Gasteiger charge is -1.99. The first-order valence-corrected chi connectivity index (χ1v) is 4.74. The molecule has 1 heterocycles. The maximum atomic E-state index is 4.17. The zero-order valence-electron chi connectivity index (χ0n) is 6.90. The molecule has 0 atom stereocenters. The first-order chi connectivity index (χ1) is 5.88. The van der Waals surface area contributed by atoms with E-state index in [-0.39, 0.29) is 0 Å². The van der Waals surface area contributed by atoms with Crippen LogP contribution in [0.5, 0.6) is 0 Å². The van der Waals surface area contributed by atoms with Crippen molar-refractivity contribution in [3.05, 3.63) is 43.0 Å². The summed E-state index contributed by atoms with van der Waals surface area (Å²) >= 11 is 1.63. The molecule has 0 fully saturated rings. The highest BCUT2D eigenvalue weighted by Gasteiger charge is 1.98. The largest absolute Gasteiger partial charge is 0.261 e. The average molecular weight is 178 g/mol. The van der Waals surface area contributed by atoms with Gasteiger partial charge in [0.2, 0.25) is 0 Å². The van der Waals surface area contributed by atoms with Crippen molar-refractivity contribution in [1.82, 2.24) is 9.97 Å². The molecule has 3 heteroatoms. The SMILES string of the molecule is C=C/C=C(\SC)c1cnccn1. The van der Waals surface area contributed by atoms with E-state index < -0.39 is 0 Å². The summed E-state index contributed by atoms with van der Waals surface area (Å²) in [4.78, 5) is 9.24. The van der Waals surface area contributed by atoms with Gasteiger partial charge in [0.05, 0.1) is 11.9 Å². The lowest BCUT2D eigenvalue weighted by atomic mass is 10.4. The topological polar surface area (TPSA) is 25.8 Å². The quantitative estimate of drug-likeness (QED) is 0.664. The molecule has 0 aliphatic heterocycles. The molecule has 1 aromatic rings. The van der Waals surface area contributed by atoms with Crippen LogP contribution in [0.25, 0.3) is 4.91 Å². The van der Waals surface area contributed by atoms with E-state index in [0.717, 1.165) is 10.6 Å². The highest BCUT2D eigenvalue weighted by Crippen LogP contribution is 2.21. The highest BCUT2D eigenvalue weighted by atomic mass is 32.2. The van der Waals surface area contributed by atoms with Crippen molar-refractivity contribution in [2.45, 2.75) is 0 Å².